The molecule has 0 saturated heterocycles. The minimum atomic E-state index is -4.67. The maximum Gasteiger partial charge on any atom is 0.431 e. The van der Waals surface area contributed by atoms with E-state index in [9.17, 15) is 27.1 Å². The molecule has 1 aliphatic heterocycles. The highest BCUT2D eigenvalue weighted by Gasteiger charge is 2.44. The summed E-state index contributed by atoms with van der Waals surface area (Å²) in [6.45, 7) is 3.15. The number of rotatable bonds is 3. The van der Waals surface area contributed by atoms with Crippen molar-refractivity contribution in [3.05, 3.63) is 64.6 Å². The number of hydrogen-bond donors (Lipinski definition) is 1. The maximum absolute atomic E-state index is 14.3. The second kappa shape index (κ2) is 7.70. The second-order valence-corrected chi connectivity index (χ2v) is 7.44. The third kappa shape index (κ3) is 3.54. The fourth-order valence-electron chi connectivity index (χ4n) is 3.83. The predicted octanol–water partition coefficient (Wildman–Crippen LogP) is 4.97. The molecule has 168 valence electrons. The molecule has 4 rings (SSSR count). The number of aromatic nitrogens is 3. The van der Waals surface area contributed by atoms with Gasteiger partial charge in [-0.3, -0.25) is 0 Å². The minimum absolute atomic E-state index is 0.0319. The van der Waals surface area contributed by atoms with E-state index in [1.165, 1.54) is 17.6 Å². The van der Waals surface area contributed by atoms with Crippen LogP contribution in [0.25, 0.3) is 28.9 Å². The lowest BCUT2D eigenvalue weighted by Gasteiger charge is -2.35. The zero-order chi connectivity index (χ0) is 23.4. The Kier molecular flexibility index (Phi) is 5.28. The largest absolute Gasteiger partial charge is 0.431 e. The summed E-state index contributed by atoms with van der Waals surface area (Å²) in [6, 6.07) is 6.16. The molecule has 1 N–H and O–H groups in total. The van der Waals surface area contributed by atoms with Gasteiger partial charge in [-0.05, 0) is 49.8 Å². The van der Waals surface area contributed by atoms with Gasteiger partial charge in [-0.25, -0.2) is 18.7 Å². The predicted molar refractivity (Wildman–Crippen MR) is 108 cm³/mol. The van der Waals surface area contributed by atoms with Crippen molar-refractivity contribution >= 4 is 6.08 Å². The standard InChI is InChI=1S/C22H19F5N4O/c1-4-31-17(22(25,26)27)10-16-19(21(31)32)30(3)20(29-16)18-11(2)5-8-15(28-18)13-9-12(23)6-7-14(13)24/h5-10,21,32H,4H2,1-3H3. The number of halogens is 5. The Morgan fingerprint density at radius 1 is 1.09 bits per heavy atom. The van der Waals surface area contributed by atoms with E-state index in [4.69, 9.17) is 0 Å². The monoisotopic (exact) mass is 450 g/mol. The van der Waals surface area contributed by atoms with Gasteiger partial charge in [0.25, 0.3) is 0 Å². The first kappa shape index (κ1) is 21.9. The third-order valence-corrected chi connectivity index (χ3v) is 5.43. The first-order valence-corrected chi connectivity index (χ1v) is 9.76. The molecule has 0 bridgehead atoms. The number of aryl methyl sites for hydroxylation is 1. The van der Waals surface area contributed by atoms with Gasteiger partial charge in [0, 0.05) is 19.2 Å². The molecule has 1 aromatic carbocycles. The summed E-state index contributed by atoms with van der Waals surface area (Å²) in [6.07, 6.45) is -5.34. The quantitative estimate of drug-likeness (QED) is 0.573. The lowest BCUT2D eigenvalue weighted by atomic mass is 10.1. The van der Waals surface area contributed by atoms with Gasteiger partial charge in [-0.1, -0.05) is 6.07 Å². The molecule has 1 atom stereocenters. The Morgan fingerprint density at radius 3 is 2.47 bits per heavy atom. The number of aliphatic hydroxyl groups excluding tert-OH is 1. The summed E-state index contributed by atoms with van der Waals surface area (Å²) in [5, 5.41) is 10.7. The van der Waals surface area contributed by atoms with Crippen molar-refractivity contribution in [3.8, 4) is 22.8 Å². The summed E-state index contributed by atoms with van der Waals surface area (Å²) in [4.78, 5) is 9.57. The third-order valence-electron chi connectivity index (χ3n) is 5.43. The van der Waals surface area contributed by atoms with Gasteiger partial charge in [0.15, 0.2) is 12.1 Å². The molecule has 3 heterocycles. The zero-order valence-corrected chi connectivity index (χ0v) is 17.4. The number of benzene rings is 1. The number of nitrogens with zero attached hydrogens (tertiary/aromatic N) is 4. The Bertz CT molecular complexity index is 1230. The highest BCUT2D eigenvalue weighted by atomic mass is 19.4. The molecule has 5 nitrogen and oxygen atoms in total. The van der Waals surface area contributed by atoms with E-state index < -0.39 is 29.7 Å². The van der Waals surface area contributed by atoms with Crippen LogP contribution in [0.15, 0.2) is 36.0 Å². The van der Waals surface area contributed by atoms with Crippen molar-refractivity contribution < 1.29 is 27.1 Å². The van der Waals surface area contributed by atoms with E-state index in [1.807, 2.05) is 0 Å². The van der Waals surface area contributed by atoms with Crippen molar-refractivity contribution in [2.75, 3.05) is 6.54 Å². The maximum atomic E-state index is 14.3. The molecule has 0 saturated carbocycles. The van der Waals surface area contributed by atoms with Gasteiger partial charge in [0.05, 0.1) is 17.1 Å². The lowest BCUT2D eigenvalue weighted by Crippen LogP contribution is -2.38. The van der Waals surface area contributed by atoms with Crippen LogP contribution in [0, 0.1) is 18.6 Å². The van der Waals surface area contributed by atoms with Crippen LogP contribution in [-0.2, 0) is 7.05 Å². The Hall–Kier alpha value is -3.27. The van der Waals surface area contributed by atoms with Gasteiger partial charge in [-0.2, -0.15) is 13.2 Å². The second-order valence-electron chi connectivity index (χ2n) is 7.44. The molecular weight excluding hydrogens is 431 g/mol. The van der Waals surface area contributed by atoms with E-state index in [2.05, 4.69) is 9.97 Å². The van der Waals surface area contributed by atoms with Crippen molar-refractivity contribution in [3.63, 3.8) is 0 Å². The number of imidazole rings is 1. The Labute approximate surface area is 180 Å². The topological polar surface area (TPSA) is 54.2 Å². The smallest absolute Gasteiger partial charge is 0.368 e. The molecule has 3 aromatic rings. The van der Waals surface area contributed by atoms with Gasteiger partial charge in [0.1, 0.15) is 23.0 Å². The summed E-state index contributed by atoms with van der Waals surface area (Å²) in [5.74, 6) is -1.11. The summed E-state index contributed by atoms with van der Waals surface area (Å²) in [5.41, 5.74) is 0.143. The van der Waals surface area contributed by atoms with Crippen LogP contribution in [0.3, 0.4) is 0 Å². The van der Waals surface area contributed by atoms with Crippen LogP contribution in [0.4, 0.5) is 22.0 Å². The summed E-state index contributed by atoms with van der Waals surface area (Å²) in [7, 11) is 1.56. The first-order chi connectivity index (χ1) is 15.0. The molecule has 32 heavy (non-hydrogen) atoms. The Balaban J connectivity index is 1.89. The van der Waals surface area contributed by atoms with E-state index in [-0.39, 0.29) is 40.7 Å². The molecule has 0 spiro atoms. The average molecular weight is 450 g/mol. The average Bonchev–Trinajstić information content (AvgIpc) is 3.06. The van der Waals surface area contributed by atoms with E-state index in [0.717, 1.165) is 29.2 Å². The van der Waals surface area contributed by atoms with Crippen LogP contribution in [0.5, 0.6) is 0 Å². The fourth-order valence-corrected chi connectivity index (χ4v) is 3.83. The van der Waals surface area contributed by atoms with Crippen molar-refractivity contribution in [2.45, 2.75) is 26.3 Å². The number of aliphatic hydroxyl groups is 1. The van der Waals surface area contributed by atoms with Crippen LogP contribution < -0.4 is 0 Å². The summed E-state index contributed by atoms with van der Waals surface area (Å²) < 4.78 is 69.9. The number of allylic oxidation sites excluding steroid dienone is 1. The number of alkyl halides is 3. The van der Waals surface area contributed by atoms with Gasteiger partial charge >= 0.3 is 6.18 Å². The van der Waals surface area contributed by atoms with Crippen LogP contribution >= 0.6 is 0 Å². The summed E-state index contributed by atoms with van der Waals surface area (Å²) >= 11 is 0. The minimum Gasteiger partial charge on any atom is -0.368 e. The highest BCUT2D eigenvalue weighted by Crippen LogP contribution is 2.41. The first-order valence-electron chi connectivity index (χ1n) is 9.76. The van der Waals surface area contributed by atoms with Crippen LogP contribution in [-0.4, -0.2) is 37.3 Å². The van der Waals surface area contributed by atoms with Gasteiger partial charge < -0.3 is 14.6 Å². The number of pyridine rings is 1. The van der Waals surface area contributed by atoms with E-state index >= 15 is 0 Å². The normalized spacial score (nSPS) is 16.2. The molecule has 1 aliphatic rings. The molecule has 0 fully saturated rings. The molecule has 0 aliphatic carbocycles. The lowest BCUT2D eigenvalue weighted by molar-refractivity contribution is -0.129. The van der Waals surface area contributed by atoms with Crippen molar-refractivity contribution in [1.29, 1.82) is 0 Å². The number of hydrogen-bond acceptors (Lipinski definition) is 4. The Morgan fingerprint density at radius 2 is 1.81 bits per heavy atom. The van der Waals surface area contributed by atoms with E-state index in [0.29, 0.717) is 5.56 Å². The van der Waals surface area contributed by atoms with E-state index in [1.54, 1.807) is 20.0 Å². The van der Waals surface area contributed by atoms with Crippen LogP contribution in [0.2, 0.25) is 0 Å². The van der Waals surface area contributed by atoms with Crippen molar-refractivity contribution in [1.82, 2.24) is 19.4 Å². The molecule has 1 unspecified atom stereocenters. The van der Waals surface area contributed by atoms with Crippen molar-refractivity contribution in [2.24, 2.45) is 7.05 Å². The highest BCUT2D eigenvalue weighted by molar-refractivity contribution is 5.68. The fraction of sp³-hybridized carbons (Fsp3) is 0.273. The molecule has 0 radical (unpaired) electrons. The molecule has 10 heteroatoms. The van der Waals surface area contributed by atoms with Gasteiger partial charge in [0.2, 0.25) is 0 Å². The molecule has 2 aromatic heterocycles. The zero-order valence-electron chi connectivity index (χ0n) is 17.4. The molecular formula is C22H19F5N4O. The van der Waals surface area contributed by atoms with Gasteiger partial charge in [-0.15, -0.1) is 0 Å². The SMILES string of the molecule is CCN1C(C(F)(F)F)=Cc2nc(-c3nc(-c4cc(F)ccc4F)ccc3C)n(C)c2C1O. The number of fused-ring (bicyclic) bond motifs is 1. The molecule has 0 amide bonds. The van der Waals surface area contributed by atoms with Crippen LogP contribution in [0.1, 0.15) is 30.1 Å².